The second kappa shape index (κ2) is 6.31. The van der Waals surface area contributed by atoms with E-state index in [9.17, 15) is 8.78 Å². The zero-order valence-corrected chi connectivity index (χ0v) is 12.8. The summed E-state index contributed by atoms with van der Waals surface area (Å²) in [4.78, 5) is 0.596. The van der Waals surface area contributed by atoms with Gasteiger partial charge in [0.1, 0.15) is 0 Å². The molecule has 112 valence electrons. The molecule has 0 amide bonds. The predicted molar refractivity (Wildman–Crippen MR) is 79.5 cm³/mol. The Kier molecular flexibility index (Phi) is 4.91. The van der Waals surface area contributed by atoms with Gasteiger partial charge in [0.2, 0.25) is 0 Å². The first kappa shape index (κ1) is 15.6. The van der Waals surface area contributed by atoms with Gasteiger partial charge in [0.15, 0.2) is 0 Å². The van der Waals surface area contributed by atoms with Gasteiger partial charge >= 0.3 is 0 Å². The molecule has 1 aromatic rings. The topological polar surface area (TPSA) is 21.3 Å². The molecule has 20 heavy (non-hydrogen) atoms. The Hall–Kier alpha value is -0.810. The zero-order chi connectivity index (χ0) is 14.8. The molecule has 0 saturated heterocycles. The maximum atomic E-state index is 12.6. The monoisotopic (exact) mass is 301 g/mol. The average Bonchev–Trinajstić information content (AvgIpc) is 2.39. The highest BCUT2D eigenvalue weighted by molar-refractivity contribution is 7.99. The zero-order valence-electron chi connectivity index (χ0n) is 12.0. The smallest absolute Gasteiger partial charge is 0.288 e. The summed E-state index contributed by atoms with van der Waals surface area (Å²) in [6, 6.07) is 7.48. The number of ether oxygens (including phenoxy) is 1. The van der Waals surface area contributed by atoms with E-state index < -0.39 is 5.76 Å². The van der Waals surface area contributed by atoms with Crippen LogP contribution in [0.25, 0.3) is 0 Å². The van der Waals surface area contributed by atoms with Crippen molar-refractivity contribution in [1.29, 1.82) is 0 Å². The summed E-state index contributed by atoms with van der Waals surface area (Å²) in [5.74, 6) is -2.40. The number of anilines is 1. The van der Waals surface area contributed by atoms with Gasteiger partial charge in [0.05, 0.1) is 6.10 Å². The summed E-state index contributed by atoms with van der Waals surface area (Å²) in [6.45, 7) is 7.00. The number of benzene rings is 1. The first-order chi connectivity index (χ1) is 9.45. The van der Waals surface area contributed by atoms with Crippen LogP contribution in [0.5, 0.6) is 0 Å². The van der Waals surface area contributed by atoms with Crippen LogP contribution in [-0.4, -0.2) is 24.5 Å². The van der Waals surface area contributed by atoms with Crippen LogP contribution in [0.1, 0.15) is 27.2 Å². The lowest BCUT2D eigenvalue weighted by atomic mass is 9.64. The summed E-state index contributed by atoms with van der Waals surface area (Å²) in [5, 5.41) is 3.40. The number of thioether (sulfide) groups is 1. The predicted octanol–water partition coefficient (Wildman–Crippen LogP) is 4.62. The molecule has 2 unspecified atom stereocenters. The molecule has 0 heterocycles. The van der Waals surface area contributed by atoms with Crippen molar-refractivity contribution in [3.8, 4) is 0 Å². The van der Waals surface area contributed by atoms with Crippen molar-refractivity contribution in [1.82, 2.24) is 0 Å². The first-order valence-electron chi connectivity index (χ1n) is 6.87. The standard InChI is InChI=1S/C15H21F2NOS/c1-4-19-13-9-12(15(13,2)3)18-10-7-5-6-8-11(10)20-14(16)17/h5-8,12-14,18H,4,9H2,1-3H3. The van der Waals surface area contributed by atoms with Crippen LogP contribution in [0.4, 0.5) is 14.5 Å². The molecule has 2 rings (SSSR count). The third-order valence-electron chi connectivity index (χ3n) is 3.98. The van der Waals surface area contributed by atoms with Crippen molar-refractivity contribution >= 4 is 17.4 Å². The van der Waals surface area contributed by atoms with Gasteiger partial charge in [-0.3, -0.25) is 0 Å². The molecule has 1 N–H and O–H groups in total. The molecule has 1 aliphatic rings. The van der Waals surface area contributed by atoms with Gasteiger partial charge in [-0.05, 0) is 25.5 Å². The Labute approximate surface area is 123 Å². The van der Waals surface area contributed by atoms with Crippen LogP contribution in [0.15, 0.2) is 29.2 Å². The lowest BCUT2D eigenvalue weighted by Gasteiger charge is -2.52. The second-order valence-electron chi connectivity index (χ2n) is 5.57. The number of nitrogens with one attached hydrogen (secondary N) is 1. The molecular weight excluding hydrogens is 280 g/mol. The molecule has 0 spiro atoms. The van der Waals surface area contributed by atoms with Gasteiger partial charge in [-0.25, -0.2) is 0 Å². The number of hydrogen-bond donors (Lipinski definition) is 1. The van der Waals surface area contributed by atoms with Gasteiger partial charge in [-0.2, -0.15) is 8.78 Å². The maximum Gasteiger partial charge on any atom is 0.288 e. The molecule has 0 bridgehead atoms. The van der Waals surface area contributed by atoms with Gasteiger partial charge < -0.3 is 10.1 Å². The SMILES string of the molecule is CCOC1CC(Nc2ccccc2SC(F)F)C1(C)C. The van der Waals surface area contributed by atoms with Gasteiger partial charge in [-0.15, -0.1) is 0 Å². The Balaban J connectivity index is 2.04. The quantitative estimate of drug-likeness (QED) is 0.775. The number of halogens is 2. The minimum Gasteiger partial charge on any atom is -0.381 e. The molecule has 2 nitrogen and oxygen atoms in total. The minimum absolute atomic E-state index is 0.0125. The van der Waals surface area contributed by atoms with E-state index in [2.05, 4.69) is 19.2 Å². The molecule has 2 atom stereocenters. The van der Waals surface area contributed by atoms with Crippen LogP contribution in [0.2, 0.25) is 0 Å². The molecule has 1 fully saturated rings. The lowest BCUT2D eigenvalue weighted by molar-refractivity contribution is -0.0976. The van der Waals surface area contributed by atoms with Crippen molar-refractivity contribution in [2.45, 2.75) is 50.0 Å². The van der Waals surface area contributed by atoms with Crippen LogP contribution in [0, 0.1) is 5.41 Å². The van der Waals surface area contributed by atoms with E-state index in [0.29, 0.717) is 23.3 Å². The minimum atomic E-state index is -2.40. The van der Waals surface area contributed by atoms with E-state index in [0.717, 1.165) is 12.1 Å². The van der Waals surface area contributed by atoms with E-state index in [1.807, 2.05) is 19.1 Å². The Morgan fingerprint density at radius 2 is 2.10 bits per heavy atom. The fourth-order valence-electron chi connectivity index (χ4n) is 2.59. The number of alkyl halides is 2. The molecule has 0 aromatic heterocycles. The second-order valence-corrected chi connectivity index (χ2v) is 6.60. The lowest BCUT2D eigenvalue weighted by Crippen LogP contribution is -2.58. The Bertz CT molecular complexity index is 453. The fraction of sp³-hybridized carbons (Fsp3) is 0.600. The number of rotatable bonds is 6. The highest BCUT2D eigenvalue weighted by Crippen LogP contribution is 2.45. The molecule has 5 heteroatoms. The van der Waals surface area contributed by atoms with Crippen molar-refractivity contribution < 1.29 is 13.5 Å². The van der Waals surface area contributed by atoms with Crippen molar-refractivity contribution in [3.63, 3.8) is 0 Å². The van der Waals surface area contributed by atoms with Gasteiger partial charge in [0.25, 0.3) is 5.76 Å². The fourth-order valence-corrected chi connectivity index (χ4v) is 3.19. The summed E-state index contributed by atoms with van der Waals surface area (Å²) in [5.41, 5.74) is 0.796. The van der Waals surface area contributed by atoms with Crippen LogP contribution < -0.4 is 5.32 Å². The summed E-state index contributed by atoms with van der Waals surface area (Å²) in [7, 11) is 0. The van der Waals surface area contributed by atoms with E-state index in [1.54, 1.807) is 12.1 Å². The maximum absolute atomic E-state index is 12.6. The molecular formula is C15H21F2NOS. The number of hydrogen-bond acceptors (Lipinski definition) is 3. The van der Waals surface area contributed by atoms with Crippen LogP contribution in [0.3, 0.4) is 0 Å². The van der Waals surface area contributed by atoms with E-state index in [-0.39, 0.29) is 17.6 Å². The summed E-state index contributed by atoms with van der Waals surface area (Å²) < 4.78 is 30.8. The van der Waals surface area contributed by atoms with E-state index in [4.69, 9.17) is 4.74 Å². The van der Waals surface area contributed by atoms with Crippen molar-refractivity contribution in [2.24, 2.45) is 5.41 Å². The third kappa shape index (κ3) is 3.26. The Morgan fingerprint density at radius 1 is 1.40 bits per heavy atom. The van der Waals surface area contributed by atoms with E-state index in [1.165, 1.54) is 0 Å². The molecule has 1 aliphatic carbocycles. The van der Waals surface area contributed by atoms with Gasteiger partial charge in [-0.1, -0.05) is 37.7 Å². The van der Waals surface area contributed by atoms with Gasteiger partial charge in [0, 0.05) is 28.6 Å². The summed E-state index contributed by atoms with van der Waals surface area (Å²) in [6.07, 6.45) is 1.15. The van der Waals surface area contributed by atoms with Crippen LogP contribution >= 0.6 is 11.8 Å². The number of para-hydroxylation sites is 1. The van der Waals surface area contributed by atoms with Crippen molar-refractivity contribution in [3.05, 3.63) is 24.3 Å². The first-order valence-corrected chi connectivity index (χ1v) is 7.75. The summed E-state index contributed by atoms with van der Waals surface area (Å²) >= 11 is 0.586. The van der Waals surface area contributed by atoms with Crippen molar-refractivity contribution in [2.75, 3.05) is 11.9 Å². The molecule has 1 aromatic carbocycles. The largest absolute Gasteiger partial charge is 0.381 e. The van der Waals surface area contributed by atoms with E-state index >= 15 is 0 Å². The Morgan fingerprint density at radius 3 is 2.70 bits per heavy atom. The highest BCUT2D eigenvalue weighted by atomic mass is 32.2. The molecule has 0 aliphatic heterocycles. The molecule has 1 saturated carbocycles. The molecule has 0 radical (unpaired) electrons. The third-order valence-corrected chi connectivity index (χ3v) is 4.77. The normalized spacial score (nSPS) is 24.5. The highest BCUT2D eigenvalue weighted by Gasteiger charge is 2.49. The average molecular weight is 301 g/mol. The van der Waals surface area contributed by atoms with Crippen LogP contribution in [-0.2, 0) is 4.74 Å².